The summed E-state index contributed by atoms with van der Waals surface area (Å²) in [6.07, 6.45) is 11.7. The molecule has 0 aromatic heterocycles. The summed E-state index contributed by atoms with van der Waals surface area (Å²) >= 11 is 0. The lowest BCUT2D eigenvalue weighted by Gasteiger charge is -2.30. The van der Waals surface area contributed by atoms with Crippen LogP contribution in [0.25, 0.3) is 0 Å². The Balaban J connectivity index is 0.000000921. The molecule has 0 aromatic carbocycles. The Morgan fingerprint density at radius 2 is 1.60 bits per heavy atom. The minimum absolute atomic E-state index is 0.905. The molecule has 1 saturated carbocycles. The molecule has 0 heteroatoms. The average molecular weight is 210 g/mol. The molecule has 0 atom stereocenters. The lowest BCUT2D eigenvalue weighted by molar-refractivity contribution is 0.225. The standard InChI is InChI=1S/C13H24.C2H6/c1-4-5-6-12-7-9-13(10-8-12)11(2)3;1-2/h4-5,11-13H,6-10H2,1-3H3;1-2H3/b5-4-;. The molecular formula is C15H30. The van der Waals surface area contributed by atoms with Crippen LogP contribution < -0.4 is 0 Å². The van der Waals surface area contributed by atoms with Gasteiger partial charge in [0.05, 0.1) is 0 Å². The summed E-state index contributed by atoms with van der Waals surface area (Å²) in [5.41, 5.74) is 0. The van der Waals surface area contributed by atoms with E-state index < -0.39 is 0 Å². The highest BCUT2D eigenvalue weighted by molar-refractivity contribution is 4.83. The quantitative estimate of drug-likeness (QED) is 0.544. The van der Waals surface area contributed by atoms with Crippen molar-refractivity contribution in [3.05, 3.63) is 12.2 Å². The number of hydrogen-bond donors (Lipinski definition) is 0. The molecule has 0 unspecified atom stereocenters. The molecule has 0 bridgehead atoms. The van der Waals surface area contributed by atoms with Crippen LogP contribution in [0.15, 0.2) is 12.2 Å². The highest BCUT2D eigenvalue weighted by atomic mass is 14.3. The van der Waals surface area contributed by atoms with Gasteiger partial charge in [0.1, 0.15) is 0 Å². The van der Waals surface area contributed by atoms with Crippen LogP contribution in [0, 0.1) is 17.8 Å². The molecule has 0 nitrogen and oxygen atoms in total. The molecule has 1 rings (SSSR count). The van der Waals surface area contributed by atoms with Gasteiger partial charge < -0.3 is 0 Å². The third-order valence-electron chi connectivity index (χ3n) is 3.54. The second-order valence-electron chi connectivity index (χ2n) is 4.83. The van der Waals surface area contributed by atoms with Crippen molar-refractivity contribution in [2.24, 2.45) is 17.8 Å². The maximum absolute atomic E-state index is 2.37. The fourth-order valence-corrected chi connectivity index (χ4v) is 2.42. The van der Waals surface area contributed by atoms with Gasteiger partial charge in [0.15, 0.2) is 0 Å². The summed E-state index contributed by atoms with van der Waals surface area (Å²) in [5.74, 6) is 2.91. The highest BCUT2D eigenvalue weighted by Crippen LogP contribution is 2.34. The fourth-order valence-electron chi connectivity index (χ4n) is 2.42. The van der Waals surface area contributed by atoms with Crippen LogP contribution >= 0.6 is 0 Å². The van der Waals surface area contributed by atoms with E-state index in [-0.39, 0.29) is 0 Å². The van der Waals surface area contributed by atoms with Crippen molar-refractivity contribution in [2.45, 2.75) is 66.7 Å². The van der Waals surface area contributed by atoms with E-state index in [0.29, 0.717) is 0 Å². The smallest absolute Gasteiger partial charge is 0.0322 e. The molecule has 0 aromatic rings. The van der Waals surface area contributed by atoms with E-state index in [1.54, 1.807) is 0 Å². The van der Waals surface area contributed by atoms with Gasteiger partial charge in [-0.05, 0) is 56.8 Å². The Hall–Kier alpha value is -0.260. The first-order valence-corrected chi connectivity index (χ1v) is 6.85. The first kappa shape index (κ1) is 14.7. The third-order valence-corrected chi connectivity index (χ3v) is 3.54. The maximum atomic E-state index is 2.37. The Labute approximate surface area is 97.2 Å². The van der Waals surface area contributed by atoms with Crippen LogP contribution in [-0.2, 0) is 0 Å². The fraction of sp³-hybridized carbons (Fsp3) is 0.867. The van der Waals surface area contributed by atoms with Gasteiger partial charge in [0.2, 0.25) is 0 Å². The minimum Gasteiger partial charge on any atom is -0.0917 e. The van der Waals surface area contributed by atoms with E-state index in [1.807, 2.05) is 13.8 Å². The topological polar surface area (TPSA) is 0 Å². The van der Waals surface area contributed by atoms with Crippen molar-refractivity contribution < 1.29 is 0 Å². The van der Waals surface area contributed by atoms with Gasteiger partial charge in [-0.25, -0.2) is 0 Å². The molecule has 0 aliphatic heterocycles. The van der Waals surface area contributed by atoms with E-state index in [2.05, 4.69) is 32.9 Å². The van der Waals surface area contributed by atoms with E-state index in [9.17, 15) is 0 Å². The minimum atomic E-state index is 0.905. The van der Waals surface area contributed by atoms with Gasteiger partial charge in [-0.15, -0.1) is 0 Å². The van der Waals surface area contributed by atoms with Gasteiger partial charge in [0.25, 0.3) is 0 Å². The van der Waals surface area contributed by atoms with Crippen LogP contribution in [0.2, 0.25) is 0 Å². The zero-order valence-electron chi connectivity index (χ0n) is 11.4. The van der Waals surface area contributed by atoms with Crippen molar-refractivity contribution in [1.29, 1.82) is 0 Å². The van der Waals surface area contributed by atoms with Crippen LogP contribution in [0.5, 0.6) is 0 Å². The normalized spacial score (nSPS) is 26.5. The number of rotatable bonds is 3. The van der Waals surface area contributed by atoms with Gasteiger partial charge in [-0.3, -0.25) is 0 Å². The summed E-state index contributed by atoms with van der Waals surface area (Å²) in [6.45, 7) is 10.9. The predicted octanol–water partition coefficient (Wildman–Crippen LogP) is 5.44. The monoisotopic (exact) mass is 210 g/mol. The second-order valence-corrected chi connectivity index (χ2v) is 4.83. The average Bonchev–Trinajstić information content (AvgIpc) is 2.29. The molecule has 1 aliphatic rings. The van der Waals surface area contributed by atoms with Crippen molar-refractivity contribution in [3.63, 3.8) is 0 Å². The maximum Gasteiger partial charge on any atom is -0.0322 e. The summed E-state index contributed by atoms with van der Waals surface area (Å²) in [4.78, 5) is 0. The van der Waals surface area contributed by atoms with E-state index in [0.717, 1.165) is 17.8 Å². The predicted molar refractivity (Wildman–Crippen MR) is 71.1 cm³/mol. The van der Waals surface area contributed by atoms with Gasteiger partial charge in [-0.1, -0.05) is 39.8 Å². The van der Waals surface area contributed by atoms with Crippen molar-refractivity contribution in [2.75, 3.05) is 0 Å². The Morgan fingerprint density at radius 3 is 2.00 bits per heavy atom. The molecule has 1 aliphatic carbocycles. The van der Waals surface area contributed by atoms with E-state index >= 15 is 0 Å². The second kappa shape index (κ2) is 9.00. The van der Waals surface area contributed by atoms with Crippen LogP contribution in [0.3, 0.4) is 0 Å². The molecule has 90 valence electrons. The zero-order chi connectivity index (χ0) is 11.7. The van der Waals surface area contributed by atoms with Crippen molar-refractivity contribution >= 4 is 0 Å². The first-order chi connectivity index (χ1) is 7.24. The molecule has 0 radical (unpaired) electrons. The molecule has 1 fully saturated rings. The molecular weight excluding hydrogens is 180 g/mol. The molecule has 0 saturated heterocycles. The van der Waals surface area contributed by atoms with Crippen LogP contribution in [0.4, 0.5) is 0 Å². The van der Waals surface area contributed by atoms with Gasteiger partial charge in [0, 0.05) is 0 Å². The summed E-state index contributed by atoms with van der Waals surface area (Å²) in [5, 5.41) is 0. The van der Waals surface area contributed by atoms with Gasteiger partial charge >= 0.3 is 0 Å². The first-order valence-electron chi connectivity index (χ1n) is 6.85. The Morgan fingerprint density at radius 1 is 1.07 bits per heavy atom. The zero-order valence-corrected chi connectivity index (χ0v) is 11.4. The number of allylic oxidation sites excluding steroid dienone is 2. The van der Waals surface area contributed by atoms with E-state index in [4.69, 9.17) is 0 Å². The van der Waals surface area contributed by atoms with Crippen LogP contribution in [-0.4, -0.2) is 0 Å². The lowest BCUT2D eigenvalue weighted by Crippen LogP contribution is -2.18. The van der Waals surface area contributed by atoms with Crippen molar-refractivity contribution in [1.82, 2.24) is 0 Å². The van der Waals surface area contributed by atoms with Crippen LogP contribution in [0.1, 0.15) is 66.7 Å². The highest BCUT2D eigenvalue weighted by Gasteiger charge is 2.21. The third kappa shape index (κ3) is 6.02. The van der Waals surface area contributed by atoms with Crippen molar-refractivity contribution in [3.8, 4) is 0 Å². The Kier molecular flexibility index (Phi) is 8.85. The summed E-state index contributed by atoms with van der Waals surface area (Å²) in [6, 6.07) is 0. The SMILES string of the molecule is C/C=C\CC1CCC(C(C)C)CC1.CC. The number of hydrogen-bond acceptors (Lipinski definition) is 0. The summed E-state index contributed by atoms with van der Waals surface area (Å²) in [7, 11) is 0. The largest absolute Gasteiger partial charge is 0.0917 e. The van der Waals surface area contributed by atoms with E-state index in [1.165, 1.54) is 32.1 Å². The molecule has 0 amide bonds. The molecule has 0 N–H and O–H groups in total. The van der Waals surface area contributed by atoms with Gasteiger partial charge in [-0.2, -0.15) is 0 Å². The Bertz CT molecular complexity index is 147. The molecule has 15 heavy (non-hydrogen) atoms. The molecule has 0 spiro atoms. The summed E-state index contributed by atoms with van der Waals surface area (Å²) < 4.78 is 0. The lowest BCUT2D eigenvalue weighted by atomic mass is 9.76. The molecule has 0 heterocycles.